The van der Waals surface area contributed by atoms with Gasteiger partial charge in [-0.2, -0.15) is 4.98 Å². The second-order valence-electron chi connectivity index (χ2n) is 4.43. The summed E-state index contributed by atoms with van der Waals surface area (Å²) in [4.78, 5) is 12.5. The Hall–Kier alpha value is -2.60. The van der Waals surface area contributed by atoms with Crippen LogP contribution < -0.4 is 14.8 Å². The van der Waals surface area contributed by atoms with Gasteiger partial charge in [-0.15, -0.1) is 0 Å². The molecular formula is C15H13ClN4O2. The predicted molar refractivity (Wildman–Crippen MR) is 85.2 cm³/mol. The summed E-state index contributed by atoms with van der Waals surface area (Å²) in [6, 6.07) is 7.28. The Morgan fingerprint density at radius 2 is 1.86 bits per heavy atom. The molecule has 0 atom stereocenters. The summed E-state index contributed by atoms with van der Waals surface area (Å²) in [5.41, 5.74) is 1.46. The van der Waals surface area contributed by atoms with Crippen LogP contribution in [0.15, 0.2) is 36.7 Å². The zero-order valence-electron chi connectivity index (χ0n) is 12.0. The van der Waals surface area contributed by atoms with Gasteiger partial charge in [-0.3, -0.25) is 4.98 Å². The van der Waals surface area contributed by atoms with Crippen LogP contribution in [0.25, 0.3) is 10.9 Å². The Morgan fingerprint density at radius 3 is 2.55 bits per heavy atom. The van der Waals surface area contributed by atoms with E-state index in [9.17, 15) is 0 Å². The van der Waals surface area contributed by atoms with Crippen LogP contribution in [0.1, 0.15) is 0 Å². The number of pyridine rings is 1. The number of fused-ring (bicyclic) bond motifs is 1. The quantitative estimate of drug-likeness (QED) is 0.744. The summed E-state index contributed by atoms with van der Waals surface area (Å²) < 4.78 is 10.6. The fourth-order valence-electron chi connectivity index (χ4n) is 2.10. The molecule has 2 aromatic heterocycles. The molecule has 3 rings (SSSR count). The minimum absolute atomic E-state index is 0.145. The zero-order chi connectivity index (χ0) is 15.5. The van der Waals surface area contributed by atoms with E-state index in [1.165, 1.54) is 0 Å². The minimum Gasteiger partial charge on any atom is -0.493 e. The van der Waals surface area contributed by atoms with Crippen LogP contribution in [0.5, 0.6) is 11.5 Å². The number of ether oxygens (including phenoxy) is 2. The highest BCUT2D eigenvalue weighted by Gasteiger charge is 2.13. The van der Waals surface area contributed by atoms with Gasteiger partial charge in [-0.1, -0.05) is 0 Å². The van der Waals surface area contributed by atoms with E-state index in [2.05, 4.69) is 20.3 Å². The lowest BCUT2D eigenvalue weighted by Crippen LogP contribution is -1.99. The van der Waals surface area contributed by atoms with Gasteiger partial charge in [0.25, 0.3) is 0 Å². The van der Waals surface area contributed by atoms with Crippen molar-refractivity contribution in [3.63, 3.8) is 0 Å². The van der Waals surface area contributed by atoms with Crippen LogP contribution in [0.4, 0.5) is 11.5 Å². The first kappa shape index (κ1) is 14.3. The molecule has 112 valence electrons. The first-order chi connectivity index (χ1) is 10.7. The Bertz CT molecular complexity index is 811. The molecule has 7 heteroatoms. The molecule has 0 spiro atoms. The highest BCUT2D eigenvalue weighted by molar-refractivity contribution is 6.28. The molecule has 0 aliphatic rings. The summed E-state index contributed by atoms with van der Waals surface area (Å²) >= 11 is 6.01. The third-order valence-electron chi connectivity index (χ3n) is 3.10. The number of hydrogen-bond donors (Lipinski definition) is 1. The van der Waals surface area contributed by atoms with E-state index in [4.69, 9.17) is 21.1 Å². The van der Waals surface area contributed by atoms with Crippen molar-refractivity contribution in [3.8, 4) is 11.5 Å². The van der Waals surface area contributed by atoms with Crippen molar-refractivity contribution >= 4 is 34.0 Å². The number of halogens is 1. The lowest BCUT2D eigenvalue weighted by Gasteiger charge is -2.12. The molecule has 22 heavy (non-hydrogen) atoms. The van der Waals surface area contributed by atoms with Crippen LogP contribution in [0.3, 0.4) is 0 Å². The predicted octanol–water partition coefficient (Wildman–Crippen LogP) is 3.44. The molecule has 0 aliphatic heterocycles. The lowest BCUT2D eigenvalue weighted by molar-refractivity contribution is 0.356. The van der Waals surface area contributed by atoms with Crippen LogP contribution in [-0.2, 0) is 0 Å². The third-order valence-corrected chi connectivity index (χ3v) is 3.27. The fraction of sp³-hybridized carbons (Fsp3) is 0.133. The maximum absolute atomic E-state index is 6.01. The molecule has 2 heterocycles. The molecule has 0 unspecified atom stereocenters. The molecular weight excluding hydrogens is 304 g/mol. The monoisotopic (exact) mass is 316 g/mol. The molecule has 1 N–H and O–H groups in total. The normalized spacial score (nSPS) is 10.5. The number of rotatable bonds is 4. The molecule has 0 amide bonds. The van der Waals surface area contributed by atoms with Crippen LogP contribution >= 0.6 is 11.6 Å². The van der Waals surface area contributed by atoms with E-state index in [-0.39, 0.29) is 5.28 Å². The molecule has 0 fully saturated rings. The number of benzene rings is 1. The van der Waals surface area contributed by atoms with Crippen molar-refractivity contribution in [3.05, 3.63) is 41.9 Å². The van der Waals surface area contributed by atoms with Crippen molar-refractivity contribution in [2.75, 3.05) is 19.5 Å². The van der Waals surface area contributed by atoms with Crippen molar-refractivity contribution in [2.24, 2.45) is 0 Å². The molecule has 1 aromatic carbocycles. The third kappa shape index (κ3) is 2.73. The number of aromatic nitrogens is 3. The summed E-state index contributed by atoms with van der Waals surface area (Å²) in [7, 11) is 3.15. The molecule has 0 bridgehead atoms. The van der Waals surface area contributed by atoms with Gasteiger partial charge in [0.15, 0.2) is 11.5 Å². The molecule has 0 saturated heterocycles. The smallest absolute Gasteiger partial charge is 0.224 e. The maximum Gasteiger partial charge on any atom is 0.224 e. The van der Waals surface area contributed by atoms with Crippen molar-refractivity contribution in [2.45, 2.75) is 0 Å². The van der Waals surface area contributed by atoms with Gasteiger partial charge in [0, 0.05) is 17.6 Å². The Kier molecular flexibility index (Phi) is 3.93. The first-order valence-corrected chi connectivity index (χ1v) is 6.85. The standard InChI is InChI=1S/C15H13ClN4O2/c1-21-12-6-10-11(7-13(12)22-2)19-15(16)20-14(10)18-9-4-3-5-17-8-9/h3-8H,1-2H3,(H,18,19,20). The van der Waals surface area contributed by atoms with Crippen molar-refractivity contribution in [1.82, 2.24) is 15.0 Å². The molecule has 3 aromatic rings. The van der Waals surface area contributed by atoms with Gasteiger partial charge >= 0.3 is 0 Å². The summed E-state index contributed by atoms with van der Waals surface area (Å²) in [5, 5.41) is 4.10. The second kappa shape index (κ2) is 6.03. The second-order valence-corrected chi connectivity index (χ2v) is 4.77. The van der Waals surface area contributed by atoms with E-state index in [1.807, 2.05) is 18.2 Å². The Labute approximate surface area is 132 Å². The zero-order valence-corrected chi connectivity index (χ0v) is 12.8. The average Bonchev–Trinajstić information content (AvgIpc) is 2.54. The van der Waals surface area contributed by atoms with Crippen molar-refractivity contribution in [1.29, 1.82) is 0 Å². The van der Waals surface area contributed by atoms with Gasteiger partial charge in [0.05, 0.1) is 31.6 Å². The fourth-order valence-corrected chi connectivity index (χ4v) is 2.27. The highest BCUT2D eigenvalue weighted by atomic mass is 35.5. The molecule has 0 aliphatic carbocycles. The average molecular weight is 317 g/mol. The molecule has 0 radical (unpaired) electrons. The van der Waals surface area contributed by atoms with Gasteiger partial charge in [0.1, 0.15) is 5.82 Å². The summed E-state index contributed by atoms with van der Waals surface area (Å²) in [6.07, 6.45) is 3.40. The molecule has 6 nitrogen and oxygen atoms in total. The van der Waals surface area contributed by atoms with E-state index >= 15 is 0 Å². The Morgan fingerprint density at radius 1 is 1.09 bits per heavy atom. The maximum atomic E-state index is 6.01. The number of hydrogen-bond acceptors (Lipinski definition) is 6. The topological polar surface area (TPSA) is 69.2 Å². The largest absolute Gasteiger partial charge is 0.493 e. The SMILES string of the molecule is COc1cc2nc(Cl)nc(Nc3cccnc3)c2cc1OC. The number of anilines is 2. The highest BCUT2D eigenvalue weighted by Crippen LogP contribution is 2.35. The number of nitrogens with one attached hydrogen (secondary N) is 1. The lowest BCUT2D eigenvalue weighted by atomic mass is 10.2. The molecule has 0 saturated carbocycles. The summed E-state index contributed by atoms with van der Waals surface area (Å²) in [5.74, 6) is 1.75. The van der Waals surface area contributed by atoms with E-state index in [0.29, 0.717) is 22.8 Å². The van der Waals surface area contributed by atoms with Crippen LogP contribution in [0.2, 0.25) is 5.28 Å². The van der Waals surface area contributed by atoms with Gasteiger partial charge < -0.3 is 14.8 Å². The van der Waals surface area contributed by atoms with E-state index in [1.54, 1.807) is 32.7 Å². The first-order valence-electron chi connectivity index (χ1n) is 6.47. The van der Waals surface area contributed by atoms with E-state index in [0.717, 1.165) is 11.1 Å². The van der Waals surface area contributed by atoms with Crippen molar-refractivity contribution < 1.29 is 9.47 Å². The minimum atomic E-state index is 0.145. The summed E-state index contributed by atoms with van der Waals surface area (Å²) in [6.45, 7) is 0. The van der Waals surface area contributed by atoms with Crippen LogP contribution in [0, 0.1) is 0 Å². The number of methoxy groups -OCH3 is 2. The van der Waals surface area contributed by atoms with Gasteiger partial charge in [-0.05, 0) is 29.8 Å². The van der Waals surface area contributed by atoms with Gasteiger partial charge in [0.2, 0.25) is 5.28 Å². The van der Waals surface area contributed by atoms with E-state index < -0.39 is 0 Å². The number of nitrogens with zero attached hydrogens (tertiary/aromatic N) is 3. The Balaban J connectivity index is 2.16. The van der Waals surface area contributed by atoms with Gasteiger partial charge in [-0.25, -0.2) is 4.98 Å². The van der Waals surface area contributed by atoms with Crippen LogP contribution in [-0.4, -0.2) is 29.2 Å².